The molecule has 0 radical (unpaired) electrons. The molecule has 1 aliphatic carbocycles. The van der Waals surface area contributed by atoms with Gasteiger partial charge in [-0.1, -0.05) is 46.3 Å². The second kappa shape index (κ2) is 25.0. The summed E-state index contributed by atoms with van der Waals surface area (Å²) in [5.41, 5.74) is 11.3. The fraction of sp³-hybridized carbons (Fsp3) is 0.929. The van der Waals surface area contributed by atoms with Crippen LogP contribution in [0.2, 0.25) is 0 Å². The molecule has 0 aromatic carbocycles. The highest BCUT2D eigenvalue weighted by molar-refractivity contribution is 4.94. The SMILES string of the molecule is CC.CCC.NC1CC(NC(CO)CO)CC(OC2CCC(CO)O2)C1.NCC(O)CNCC1C=CCCO1. The molecule has 10 N–H and O–H groups in total. The van der Waals surface area contributed by atoms with Crippen LogP contribution in [0.4, 0.5) is 0 Å². The average molecular weight is 565 g/mol. The number of ether oxygens (including phenoxy) is 3. The summed E-state index contributed by atoms with van der Waals surface area (Å²) in [5, 5.41) is 42.8. The number of rotatable bonds is 12. The molecule has 1 saturated carbocycles. The van der Waals surface area contributed by atoms with Crippen LogP contribution in [0.1, 0.15) is 72.6 Å². The number of nitrogens with two attached hydrogens (primary N) is 2. The van der Waals surface area contributed by atoms with E-state index in [0.29, 0.717) is 13.1 Å². The Hall–Kier alpha value is -0.700. The number of aliphatic hydroxyl groups excluding tert-OH is 4. The molecule has 234 valence electrons. The van der Waals surface area contributed by atoms with Crippen LogP contribution in [0.5, 0.6) is 0 Å². The Kier molecular flexibility index (Phi) is 24.6. The van der Waals surface area contributed by atoms with Gasteiger partial charge in [-0.2, -0.15) is 0 Å². The Morgan fingerprint density at radius 1 is 1.08 bits per heavy atom. The highest BCUT2D eigenvalue weighted by Gasteiger charge is 2.33. The molecule has 1 saturated heterocycles. The molecule has 2 fully saturated rings. The second-order valence-corrected chi connectivity index (χ2v) is 9.98. The van der Waals surface area contributed by atoms with E-state index in [9.17, 15) is 0 Å². The van der Waals surface area contributed by atoms with Crippen LogP contribution in [0.3, 0.4) is 0 Å². The second-order valence-electron chi connectivity index (χ2n) is 9.98. The number of hydrogen-bond acceptors (Lipinski definition) is 11. The Morgan fingerprint density at radius 3 is 2.31 bits per heavy atom. The van der Waals surface area contributed by atoms with E-state index in [2.05, 4.69) is 30.6 Å². The molecule has 0 spiro atoms. The largest absolute Gasteiger partial charge is 0.395 e. The van der Waals surface area contributed by atoms with Gasteiger partial charge in [0.2, 0.25) is 0 Å². The van der Waals surface area contributed by atoms with Gasteiger partial charge in [0.25, 0.3) is 0 Å². The minimum Gasteiger partial charge on any atom is -0.395 e. The van der Waals surface area contributed by atoms with Gasteiger partial charge in [-0.25, -0.2) is 0 Å². The molecule has 7 atom stereocenters. The van der Waals surface area contributed by atoms with Crippen LogP contribution < -0.4 is 22.1 Å². The molecule has 7 unspecified atom stereocenters. The number of hydrogen-bond donors (Lipinski definition) is 8. The van der Waals surface area contributed by atoms with E-state index >= 15 is 0 Å². The summed E-state index contributed by atoms with van der Waals surface area (Å²) in [7, 11) is 0. The van der Waals surface area contributed by atoms with Gasteiger partial charge in [-0.15, -0.1) is 0 Å². The Morgan fingerprint density at radius 2 is 1.77 bits per heavy atom. The van der Waals surface area contributed by atoms with E-state index in [0.717, 1.165) is 51.7 Å². The quantitative estimate of drug-likeness (QED) is 0.153. The smallest absolute Gasteiger partial charge is 0.158 e. The van der Waals surface area contributed by atoms with Crippen LogP contribution in [0, 0.1) is 0 Å². The van der Waals surface area contributed by atoms with Crippen molar-refractivity contribution in [3.63, 3.8) is 0 Å². The first kappa shape index (κ1) is 38.3. The summed E-state index contributed by atoms with van der Waals surface area (Å²) in [6, 6.07) is -0.158. The maximum absolute atomic E-state index is 9.15. The zero-order valence-corrected chi connectivity index (χ0v) is 24.8. The molecule has 0 aromatic heterocycles. The first-order valence-corrected chi connectivity index (χ1v) is 14.9. The molecule has 11 heteroatoms. The summed E-state index contributed by atoms with van der Waals surface area (Å²) < 4.78 is 17.0. The van der Waals surface area contributed by atoms with Crippen molar-refractivity contribution in [2.24, 2.45) is 11.5 Å². The molecule has 2 heterocycles. The van der Waals surface area contributed by atoms with Crippen LogP contribution in [0.25, 0.3) is 0 Å². The van der Waals surface area contributed by atoms with Crippen molar-refractivity contribution >= 4 is 0 Å². The fourth-order valence-electron chi connectivity index (χ4n) is 4.37. The zero-order chi connectivity index (χ0) is 29.5. The van der Waals surface area contributed by atoms with E-state index in [4.69, 9.17) is 46.1 Å². The number of nitrogens with one attached hydrogen (secondary N) is 2. The third-order valence-electron chi connectivity index (χ3n) is 6.19. The summed E-state index contributed by atoms with van der Waals surface area (Å²) in [6.07, 6.45) is 9.74. The summed E-state index contributed by atoms with van der Waals surface area (Å²) in [6.45, 7) is 10.5. The van der Waals surface area contributed by atoms with Gasteiger partial charge in [-0.3, -0.25) is 0 Å². The highest BCUT2D eigenvalue weighted by atomic mass is 16.7. The fourth-order valence-corrected chi connectivity index (χ4v) is 4.37. The van der Waals surface area contributed by atoms with Gasteiger partial charge in [0, 0.05) is 38.1 Å². The van der Waals surface area contributed by atoms with E-state index < -0.39 is 6.10 Å². The molecule has 39 heavy (non-hydrogen) atoms. The zero-order valence-electron chi connectivity index (χ0n) is 24.8. The normalized spacial score (nSPS) is 28.9. The van der Waals surface area contributed by atoms with Crippen LogP contribution in [-0.4, -0.2) is 115 Å². The van der Waals surface area contributed by atoms with E-state index in [1.807, 2.05) is 19.9 Å². The molecule has 3 aliphatic rings. The Labute approximate surface area is 236 Å². The lowest BCUT2D eigenvalue weighted by Gasteiger charge is -2.36. The summed E-state index contributed by atoms with van der Waals surface area (Å²) >= 11 is 0. The molecular weight excluding hydrogens is 504 g/mol. The topological polar surface area (TPSA) is 185 Å². The predicted molar refractivity (Wildman–Crippen MR) is 155 cm³/mol. The lowest BCUT2D eigenvalue weighted by Crippen LogP contribution is -2.51. The van der Waals surface area contributed by atoms with Crippen molar-refractivity contribution in [1.82, 2.24) is 10.6 Å². The minimum absolute atomic E-state index is 0.00623. The number of aliphatic hydroxyl groups is 4. The van der Waals surface area contributed by atoms with Crippen LogP contribution in [-0.2, 0) is 14.2 Å². The summed E-state index contributed by atoms with van der Waals surface area (Å²) in [5.74, 6) is 0. The minimum atomic E-state index is -0.451. The standard InChI is InChI=1S/C14H28N2O5.C9H18N2O2.C3H8.C2H6/c15-9-3-10(16-11(6-17)7-18)5-13(4-9)21-14-2-1-12(8-19)20-14;10-5-8(12)6-11-7-9-3-1-2-4-13-9;1-3-2;1-2/h9-14,16-19H,1-8,15H2;1,3,8-9,11-12H,2,4-7,10H2;3H2,1-2H3;1-2H3. The average Bonchev–Trinajstić information content (AvgIpc) is 3.41. The monoisotopic (exact) mass is 564 g/mol. The third kappa shape index (κ3) is 18.4. The van der Waals surface area contributed by atoms with Gasteiger partial charge in [-0.05, 0) is 32.1 Å². The van der Waals surface area contributed by atoms with Gasteiger partial charge in [0.1, 0.15) is 0 Å². The van der Waals surface area contributed by atoms with Crippen LogP contribution >= 0.6 is 0 Å². The Balaban J connectivity index is 0.000000686. The Bertz CT molecular complexity index is 572. The van der Waals surface area contributed by atoms with Crippen molar-refractivity contribution < 1.29 is 34.6 Å². The van der Waals surface area contributed by atoms with E-state index in [-0.39, 0.29) is 62.5 Å². The summed E-state index contributed by atoms with van der Waals surface area (Å²) in [4.78, 5) is 0. The first-order valence-electron chi connectivity index (χ1n) is 14.9. The van der Waals surface area contributed by atoms with Crippen molar-refractivity contribution in [2.45, 2.75) is 121 Å². The first-order chi connectivity index (χ1) is 18.9. The lowest BCUT2D eigenvalue weighted by atomic mass is 9.88. The van der Waals surface area contributed by atoms with E-state index in [1.165, 1.54) is 6.42 Å². The highest BCUT2D eigenvalue weighted by Crippen LogP contribution is 2.27. The van der Waals surface area contributed by atoms with Gasteiger partial charge < -0.3 is 56.7 Å². The third-order valence-corrected chi connectivity index (χ3v) is 6.19. The van der Waals surface area contributed by atoms with Gasteiger partial charge in [0.15, 0.2) is 6.29 Å². The van der Waals surface area contributed by atoms with Gasteiger partial charge in [0.05, 0.1) is 56.9 Å². The maximum atomic E-state index is 9.15. The molecular formula is C28H60N4O7. The van der Waals surface area contributed by atoms with Crippen LogP contribution in [0.15, 0.2) is 12.2 Å². The van der Waals surface area contributed by atoms with Crippen molar-refractivity contribution in [3.05, 3.63) is 12.2 Å². The molecule has 0 aromatic rings. The van der Waals surface area contributed by atoms with Gasteiger partial charge >= 0.3 is 0 Å². The molecule has 0 amide bonds. The molecule has 11 nitrogen and oxygen atoms in total. The molecule has 2 aliphatic heterocycles. The lowest BCUT2D eigenvalue weighted by molar-refractivity contribution is -0.175. The van der Waals surface area contributed by atoms with Crippen molar-refractivity contribution in [3.8, 4) is 0 Å². The molecule has 3 rings (SSSR count). The van der Waals surface area contributed by atoms with Crippen molar-refractivity contribution in [2.75, 3.05) is 46.1 Å². The van der Waals surface area contributed by atoms with Crippen molar-refractivity contribution in [1.29, 1.82) is 0 Å². The predicted octanol–water partition coefficient (Wildman–Crippen LogP) is 0.375. The maximum Gasteiger partial charge on any atom is 0.158 e. The molecule has 0 bridgehead atoms. The van der Waals surface area contributed by atoms with E-state index in [1.54, 1.807) is 0 Å².